The summed E-state index contributed by atoms with van der Waals surface area (Å²) in [5.41, 5.74) is 1.76. The largest absolute Gasteiger partial charge is 0.496 e. The van der Waals surface area contributed by atoms with E-state index in [1.165, 1.54) is 17.0 Å². The lowest BCUT2D eigenvalue weighted by Crippen LogP contribution is -2.31. The first-order valence-corrected chi connectivity index (χ1v) is 8.99. The van der Waals surface area contributed by atoms with Gasteiger partial charge in [0.05, 0.1) is 19.1 Å². The monoisotopic (exact) mass is 393 g/mol. The number of benzene rings is 2. The Balaban J connectivity index is 1.41. The summed E-state index contributed by atoms with van der Waals surface area (Å²) in [5, 5.41) is 2.79. The van der Waals surface area contributed by atoms with Gasteiger partial charge in [0.2, 0.25) is 12.7 Å². The van der Waals surface area contributed by atoms with Crippen LogP contribution in [0.2, 0.25) is 0 Å². The van der Waals surface area contributed by atoms with Crippen LogP contribution in [-0.2, 0) is 17.9 Å². The van der Waals surface area contributed by atoms with Crippen molar-refractivity contribution in [1.29, 1.82) is 0 Å². The van der Waals surface area contributed by atoms with Crippen molar-refractivity contribution >= 4 is 5.91 Å². The van der Waals surface area contributed by atoms with Gasteiger partial charge in [-0.05, 0) is 29.8 Å². The van der Waals surface area contributed by atoms with Crippen molar-refractivity contribution in [2.45, 2.75) is 13.1 Å². The van der Waals surface area contributed by atoms with Crippen LogP contribution in [0.5, 0.6) is 17.2 Å². The van der Waals surface area contributed by atoms with Gasteiger partial charge in [0.25, 0.3) is 5.56 Å². The number of carbonyl (C=O) groups excluding carboxylic acids is 1. The third kappa shape index (κ3) is 4.06. The van der Waals surface area contributed by atoms with E-state index in [1.54, 1.807) is 19.2 Å². The molecule has 8 heteroatoms. The van der Waals surface area contributed by atoms with Crippen LogP contribution in [0.15, 0.2) is 59.7 Å². The van der Waals surface area contributed by atoms with Crippen LogP contribution in [0.25, 0.3) is 11.3 Å². The summed E-state index contributed by atoms with van der Waals surface area (Å²) in [6, 6.07) is 14.2. The fraction of sp³-hybridized carbons (Fsp3) is 0.190. The Bertz CT molecular complexity index is 1110. The molecule has 8 nitrogen and oxygen atoms in total. The number of fused-ring (bicyclic) bond motifs is 1. The second-order valence-electron chi connectivity index (χ2n) is 6.40. The molecule has 29 heavy (non-hydrogen) atoms. The third-order valence-electron chi connectivity index (χ3n) is 4.50. The van der Waals surface area contributed by atoms with Gasteiger partial charge in [-0.25, -0.2) is 4.98 Å². The number of aromatic nitrogens is 2. The number of amides is 1. The lowest BCUT2D eigenvalue weighted by molar-refractivity contribution is -0.121. The summed E-state index contributed by atoms with van der Waals surface area (Å²) in [4.78, 5) is 29.0. The van der Waals surface area contributed by atoms with E-state index in [1.807, 2.05) is 30.3 Å². The van der Waals surface area contributed by atoms with Crippen molar-refractivity contribution < 1.29 is 19.0 Å². The molecule has 0 saturated heterocycles. The number of ether oxygens (including phenoxy) is 3. The molecule has 0 spiro atoms. The number of rotatable bonds is 6. The molecule has 0 unspecified atom stereocenters. The van der Waals surface area contributed by atoms with Crippen molar-refractivity contribution in [2.75, 3.05) is 13.9 Å². The van der Waals surface area contributed by atoms with Crippen LogP contribution >= 0.6 is 0 Å². The molecule has 1 N–H and O–H groups in total. The van der Waals surface area contributed by atoms with Gasteiger partial charge < -0.3 is 19.5 Å². The topological polar surface area (TPSA) is 91.7 Å². The van der Waals surface area contributed by atoms with E-state index in [-0.39, 0.29) is 24.8 Å². The first-order valence-electron chi connectivity index (χ1n) is 8.99. The maximum atomic E-state index is 12.4. The molecule has 0 aliphatic carbocycles. The minimum Gasteiger partial charge on any atom is -0.496 e. The molecule has 0 atom stereocenters. The van der Waals surface area contributed by atoms with Crippen LogP contribution in [0, 0.1) is 0 Å². The number of methoxy groups -OCH3 is 1. The van der Waals surface area contributed by atoms with Crippen molar-refractivity contribution in [3.05, 3.63) is 70.8 Å². The van der Waals surface area contributed by atoms with E-state index < -0.39 is 0 Å². The minimum atomic E-state index is -0.320. The van der Waals surface area contributed by atoms with Crippen molar-refractivity contribution in [2.24, 2.45) is 0 Å². The standard InChI is InChI=1S/C21H19N3O5/c1-27-17-5-3-2-4-15(17)16-9-21(26)24(12-23-16)11-20(25)22-10-14-6-7-18-19(8-14)29-13-28-18/h2-9,12H,10-11,13H2,1H3,(H,22,25). The number of carbonyl (C=O) groups is 1. The van der Waals surface area contributed by atoms with Gasteiger partial charge in [-0.3, -0.25) is 14.2 Å². The molecule has 1 aliphatic heterocycles. The van der Waals surface area contributed by atoms with E-state index in [4.69, 9.17) is 14.2 Å². The number of hydrogen-bond acceptors (Lipinski definition) is 6. The molecular formula is C21H19N3O5. The SMILES string of the molecule is COc1ccccc1-c1cc(=O)n(CC(=O)NCc2ccc3c(c2)OCO3)cn1. The zero-order chi connectivity index (χ0) is 20.2. The summed E-state index contributed by atoms with van der Waals surface area (Å²) in [6.45, 7) is 0.394. The van der Waals surface area contributed by atoms with Crippen LogP contribution in [0.3, 0.4) is 0 Å². The van der Waals surface area contributed by atoms with Crippen LogP contribution < -0.4 is 25.1 Å². The van der Waals surface area contributed by atoms with Gasteiger partial charge in [-0.2, -0.15) is 0 Å². The molecule has 0 fully saturated rings. The first kappa shape index (κ1) is 18.5. The van der Waals surface area contributed by atoms with Crippen LogP contribution in [0.4, 0.5) is 0 Å². The summed E-state index contributed by atoms with van der Waals surface area (Å²) >= 11 is 0. The molecule has 1 aromatic heterocycles. The Morgan fingerprint density at radius 1 is 1.17 bits per heavy atom. The van der Waals surface area contributed by atoms with Crippen molar-refractivity contribution in [3.8, 4) is 28.5 Å². The van der Waals surface area contributed by atoms with Gasteiger partial charge >= 0.3 is 0 Å². The second-order valence-corrected chi connectivity index (χ2v) is 6.40. The van der Waals surface area contributed by atoms with Gasteiger partial charge in [-0.1, -0.05) is 18.2 Å². The molecule has 148 valence electrons. The van der Waals surface area contributed by atoms with Gasteiger partial charge in [0.15, 0.2) is 11.5 Å². The van der Waals surface area contributed by atoms with E-state index in [0.29, 0.717) is 35.1 Å². The predicted octanol–water partition coefficient (Wildman–Crippen LogP) is 1.96. The fourth-order valence-corrected chi connectivity index (χ4v) is 3.01. The van der Waals surface area contributed by atoms with Gasteiger partial charge in [0, 0.05) is 18.2 Å². The highest BCUT2D eigenvalue weighted by Crippen LogP contribution is 2.32. The Labute approximate surface area is 166 Å². The molecule has 0 bridgehead atoms. The second kappa shape index (κ2) is 8.05. The Kier molecular flexibility index (Phi) is 5.15. The lowest BCUT2D eigenvalue weighted by atomic mass is 10.1. The maximum absolute atomic E-state index is 12.4. The van der Waals surface area contributed by atoms with E-state index in [2.05, 4.69) is 10.3 Å². The van der Waals surface area contributed by atoms with Crippen molar-refractivity contribution in [3.63, 3.8) is 0 Å². The first-order chi connectivity index (χ1) is 14.1. The predicted molar refractivity (Wildman–Crippen MR) is 105 cm³/mol. The smallest absolute Gasteiger partial charge is 0.254 e. The average Bonchev–Trinajstić information content (AvgIpc) is 3.21. The number of nitrogens with one attached hydrogen (secondary N) is 1. The molecule has 1 amide bonds. The number of hydrogen-bond donors (Lipinski definition) is 1. The summed E-state index contributed by atoms with van der Waals surface area (Å²) < 4.78 is 17.2. The highest BCUT2D eigenvalue weighted by molar-refractivity contribution is 5.75. The zero-order valence-electron chi connectivity index (χ0n) is 15.8. The Morgan fingerprint density at radius 3 is 2.83 bits per heavy atom. The normalized spacial score (nSPS) is 11.9. The fourth-order valence-electron chi connectivity index (χ4n) is 3.01. The van der Waals surface area contributed by atoms with Crippen LogP contribution in [0.1, 0.15) is 5.56 Å². The Hall–Kier alpha value is -3.81. The number of nitrogens with zero attached hydrogens (tertiary/aromatic N) is 2. The summed E-state index contributed by atoms with van der Waals surface area (Å²) in [7, 11) is 1.56. The minimum absolute atomic E-state index is 0.122. The third-order valence-corrected chi connectivity index (χ3v) is 4.50. The zero-order valence-corrected chi connectivity index (χ0v) is 15.8. The number of para-hydroxylation sites is 1. The highest BCUT2D eigenvalue weighted by atomic mass is 16.7. The molecule has 4 rings (SSSR count). The van der Waals surface area contributed by atoms with Crippen LogP contribution in [-0.4, -0.2) is 29.4 Å². The molecular weight excluding hydrogens is 374 g/mol. The average molecular weight is 393 g/mol. The Morgan fingerprint density at radius 2 is 2.00 bits per heavy atom. The quantitative estimate of drug-likeness (QED) is 0.688. The lowest BCUT2D eigenvalue weighted by Gasteiger charge is -2.10. The van der Waals surface area contributed by atoms with Crippen molar-refractivity contribution in [1.82, 2.24) is 14.9 Å². The van der Waals surface area contributed by atoms with E-state index in [0.717, 1.165) is 5.56 Å². The molecule has 3 aromatic rings. The summed E-state index contributed by atoms with van der Waals surface area (Å²) in [5.74, 6) is 1.67. The van der Waals surface area contributed by atoms with Gasteiger partial charge in [-0.15, -0.1) is 0 Å². The molecule has 2 aromatic carbocycles. The van der Waals surface area contributed by atoms with Gasteiger partial charge in [0.1, 0.15) is 12.3 Å². The van der Waals surface area contributed by atoms with E-state index in [9.17, 15) is 9.59 Å². The molecule has 0 saturated carbocycles. The molecule has 2 heterocycles. The molecule has 0 radical (unpaired) electrons. The molecule has 1 aliphatic rings. The van der Waals surface area contributed by atoms with E-state index >= 15 is 0 Å². The highest BCUT2D eigenvalue weighted by Gasteiger charge is 2.14. The summed E-state index contributed by atoms with van der Waals surface area (Å²) in [6.07, 6.45) is 1.37. The maximum Gasteiger partial charge on any atom is 0.254 e.